The first-order chi connectivity index (χ1) is 7.92. The van der Waals surface area contributed by atoms with Crippen LogP contribution in [0.1, 0.15) is 36.8 Å². The molecule has 2 aliphatic carbocycles. The fraction of sp³-hybridized carbons (Fsp3) is 0.333. The molecule has 4 rings (SSSR count). The summed E-state index contributed by atoms with van der Waals surface area (Å²) in [4.78, 5) is 3.42. The number of H-pyrrole nitrogens is 1. The van der Waals surface area contributed by atoms with E-state index in [0.717, 1.165) is 0 Å². The number of benzene rings is 1. The Morgan fingerprint density at radius 1 is 0.938 bits per heavy atom. The van der Waals surface area contributed by atoms with E-state index in [9.17, 15) is 0 Å². The molecule has 80 valence electrons. The minimum absolute atomic E-state index is 0.353. The largest absolute Gasteiger partial charge is 0.361 e. The van der Waals surface area contributed by atoms with E-state index in [1.807, 2.05) is 0 Å². The van der Waals surface area contributed by atoms with Crippen molar-refractivity contribution < 1.29 is 0 Å². The van der Waals surface area contributed by atoms with Crippen molar-refractivity contribution >= 4 is 0 Å². The first kappa shape index (κ1) is 8.63. The van der Waals surface area contributed by atoms with Crippen LogP contribution < -0.4 is 0 Å². The first-order valence-corrected chi connectivity index (χ1v) is 6.20. The number of fused-ring (bicyclic) bond motifs is 5. The summed E-state index contributed by atoms with van der Waals surface area (Å²) in [5.41, 5.74) is 6.27. The number of hydrogen-bond donors (Lipinski definition) is 1. The van der Waals surface area contributed by atoms with Crippen molar-refractivity contribution in [2.45, 2.75) is 31.1 Å². The lowest BCUT2D eigenvalue weighted by atomic mass is 9.77. The summed E-state index contributed by atoms with van der Waals surface area (Å²) in [6, 6.07) is 11.2. The quantitative estimate of drug-likeness (QED) is 0.678. The van der Waals surface area contributed by atoms with E-state index in [1.165, 1.54) is 36.9 Å². The minimum Gasteiger partial charge on any atom is -0.361 e. The zero-order valence-electron chi connectivity index (χ0n) is 9.29. The van der Waals surface area contributed by atoms with Gasteiger partial charge in [0.25, 0.3) is 0 Å². The van der Waals surface area contributed by atoms with Gasteiger partial charge in [0.2, 0.25) is 0 Å². The van der Waals surface area contributed by atoms with Crippen LogP contribution in [0.3, 0.4) is 0 Å². The lowest BCUT2D eigenvalue weighted by Gasteiger charge is -2.25. The van der Waals surface area contributed by atoms with Gasteiger partial charge in [-0.2, -0.15) is 0 Å². The summed E-state index contributed by atoms with van der Waals surface area (Å²) in [5.74, 6) is 0. The van der Waals surface area contributed by atoms with Crippen molar-refractivity contribution in [3.63, 3.8) is 0 Å². The van der Waals surface area contributed by atoms with Crippen molar-refractivity contribution in [2.75, 3.05) is 0 Å². The predicted molar refractivity (Wildman–Crippen MR) is 65.5 cm³/mol. The van der Waals surface area contributed by atoms with E-state index < -0.39 is 0 Å². The molecule has 1 saturated carbocycles. The molecule has 2 aromatic rings. The molecule has 2 aliphatic rings. The highest BCUT2D eigenvalue weighted by atomic mass is 14.7. The van der Waals surface area contributed by atoms with Gasteiger partial charge in [-0.15, -0.1) is 0 Å². The normalized spacial score (nSPS) is 20.0. The van der Waals surface area contributed by atoms with Crippen molar-refractivity contribution in [3.8, 4) is 11.3 Å². The van der Waals surface area contributed by atoms with Crippen LogP contribution in [-0.4, -0.2) is 4.98 Å². The Labute approximate surface area is 95.5 Å². The lowest BCUT2D eigenvalue weighted by Crippen LogP contribution is -2.19. The van der Waals surface area contributed by atoms with Crippen LogP contribution in [0.25, 0.3) is 11.3 Å². The van der Waals surface area contributed by atoms with Gasteiger partial charge in [-0.1, -0.05) is 37.1 Å². The van der Waals surface area contributed by atoms with Gasteiger partial charge >= 0.3 is 0 Å². The van der Waals surface area contributed by atoms with Gasteiger partial charge in [0.05, 0.1) is 0 Å². The molecule has 0 radical (unpaired) electrons. The molecule has 1 aromatic heterocycles. The first-order valence-electron chi connectivity index (χ1n) is 6.20. The zero-order chi connectivity index (χ0) is 10.6. The molecule has 1 nitrogen and oxygen atoms in total. The Bertz CT molecular complexity index is 544. The smallest absolute Gasteiger partial charge is 0.0498 e. The maximum Gasteiger partial charge on any atom is 0.0498 e. The summed E-state index contributed by atoms with van der Waals surface area (Å²) in [6.07, 6.45) is 7.50. The number of nitrogens with one attached hydrogen (secondary N) is 1. The van der Waals surface area contributed by atoms with Gasteiger partial charge in [-0.25, -0.2) is 0 Å². The molecule has 1 heteroatoms. The van der Waals surface area contributed by atoms with Crippen LogP contribution in [0.4, 0.5) is 0 Å². The predicted octanol–water partition coefficient (Wildman–Crippen LogP) is 3.86. The zero-order valence-corrected chi connectivity index (χ0v) is 9.29. The Morgan fingerprint density at radius 2 is 1.75 bits per heavy atom. The molecule has 0 saturated heterocycles. The van der Waals surface area contributed by atoms with Crippen molar-refractivity contribution in [3.05, 3.63) is 47.7 Å². The Kier molecular flexibility index (Phi) is 1.50. The summed E-state index contributed by atoms with van der Waals surface area (Å²) in [5, 5.41) is 0. The van der Waals surface area contributed by atoms with E-state index in [4.69, 9.17) is 0 Å². The highest BCUT2D eigenvalue weighted by Crippen LogP contribution is 2.56. The van der Waals surface area contributed by atoms with E-state index >= 15 is 0 Å². The molecular formula is C15H15N. The summed E-state index contributed by atoms with van der Waals surface area (Å²) in [7, 11) is 0. The number of hydrogen-bond acceptors (Lipinski definition) is 0. The highest BCUT2D eigenvalue weighted by Gasteiger charge is 2.45. The van der Waals surface area contributed by atoms with Crippen LogP contribution in [0.5, 0.6) is 0 Å². The number of aromatic nitrogens is 1. The minimum atomic E-state index is 0.353. The second-order valence-electron chi connectivity index (χ2n) is 5.10. The van der Waals surface area contributed by atoms with Crippen molar-refractivity contribution in [2.24, 2.45) is 0 Å². The molecule has 16 heavy (non-hydrogen) atoms. The molecular weight excluding hydrogens is 194 g/mol. The number of aromatic amines is 1. The standard InChI is InChI=1S/C15H15N/c1-2-6-12-11(5-1)14-13(7-10-16-14)15(12)8-3-4-9-15/h1-2,5-7,10,16H,3-4,8-9H2. The molecule has 0 unspecified atom stereocenters. The van der Waals surface area contributed by atoms with Gasteiger partial charge in [0.15, 0.2) is 0 Å². The maximum absolute atomic E-state index is 3.42. The number of rotatable bonds is 0. The molecule has 1 N–H and O–H groups in total. The van der Waals surface area contributed by atoms with Crippen LogP contribution >= 0.6 is 0 Å². The average molecular weight is 209 g/mol. The van der Waals surface area contributed by atoms with E-state index in [0.29, 0.717) is 5.41 Å². The summed E-state index contributed by atoms with van der Waals surface area (Å²) >= 11 is 0. The van der Waals surface area contributed by atoms with Gasteiger partial charge in [-0.3, -0.25) is 0 Å². The lowest BCUT2D eigenvalue weighted by molar-refractivity contribution is 0.550. The van der Waals surface area contributed by atoms with E-state index in [-0.39, 0.29) is 0 Å². The molecule has 0 bridgehead atoms. The van der Waals surface area contributed by atoms with Crippen LogP contribution in [-0.2, 0) is 5.41 Å². The average Bonchev–Trinajstić information content (AvgIpc) is 3.02. The van der Waals surface area contributed by atoms with Gasteiger partial charge in [-0.05, 0) is 30.0 Å². The monoisotopic (exact) mass is 209 g/mol. The van der Waals surface area contributed by atoms with Crippen LogP contribution in [0, 0.1) is 0 Å². The van der Waals surface area contributed by atoms with Crippen molar-refractivity contribution in [1.29, 1.82) is 0 Å². The second-order valence-corrected chi connectivity index (χ2v) is 5.10. The third-order valence-corrected chi connectivity index (χ3v) is 4.43. The second kappa shape index (κ2) is 2.79. The van der Waals surface area contributed by atoms with Crippen LogP contribution in [0.2, 0.25) is 0 Å². The molecule has 1 aromatic carbocycles. The molecule has 0 amide bonds. The van der Waals surface area contributed by atoms with Gasteiger partial charge in [0.1, 0.15) is 0 Å². The van der Waals surface area contributed by atoms with Gasteiger partial charge in [0, 0.05) is 22.9 Å². The van der Waals surface area contributed by atoms with Gasteiger partial charge < -0.3 is 4.98 Å². The molecule has 0 aliphatic heterocycles. The molecule has 0 atom stereocenters. The maximum atomic E-state index is 3.42. The Morgan fingerprint density at radius 3 is 2.62 bits per heavy atom. The van der Waals surface area contributed by atoms with Crippen molar-refractivity contribution in [1.82, 2.24) is 4.98 Å². The van der Waals surface area contributed by atoms with E-state index in [1.54, 1.807) is 11.1 Å². The van der Waals surface area contributed by atoms with E-state index in [2.05, 4.69) is 41.5 Å². The molecule has 1 heterocycles. The Balaban J connectivity index is 2.09. The topological polar surface area (TPSA) is 15.8 Å². The van der Waals surface area contributed by atoms with Crippen LogP contribution in [0.15, 0.2) is 36.5 Å². The SMILES string of the molecule is c1ccc2c(c1)-c1[nH]ccc1C21CCCC1. The molecule has 1 fully saturated rings. The third kappa shape index (κ3) is 0.835. The fourth-order valence-corrected chi connectivity index (χ4v) is 3.77. The molecule has 1 spiro atoms. The third-order valence-electron chi connectivity index (χ3n) is 4.43. The Hall–Kier alpha value is -1.50. The summed E-state index contributed by atoms with van der Waals surface area (Å²) in [6.45, 7) is 0. The summed E-state index contributed by atoms with van der Waals surface area (Å²) < 4.78 is 0. The highest BCUT2D eigenvalue weighted by molar-refractivity contribution is 5.78. The fourth-order valence-electron chi connectivity index (χ4n) is 3.77.